The third kappa shape index (κ3) is 7.26. The lowest BCUT2D eigenvalue weighted by Gasteiger charge is -2.43. The molecule has 0 radical (unpaired) electrons. The molecule has 2 saturated heterocycles. The van der Waals surface area contributed by atoms with E-state index in [1.54, 1.807) is 18.6 Å². The van der Waals surface area contributed by atoms with Crippen LogP contribution in [0.2, 0.25) is 0 Å². The molecule has 0 bridgehead atoms. The minimum absolute atomic E-state index is 0.369. The SMILES string of the molecule is CC(=O)On1ccnc1CN(Cc1ccc(CN2CCC3(CCN(C4CCCCC4)CC3)C2)cc1)Cc1ncc[nH]1. The third-order valence-corrected chi connectivity index (χ3v) is 9.50. The molecule has 3 fully saturated rings. The molecule has 0 atom stereocenters. The summed E-state index contributed by atoms with van der Waals surface area (Å²) in [6.45, 7) is 9.41. The van der Waals surface area contributed by atoms with Gasteiger partial charge in [-0.25, -0.2) is 14.8 Å². The Balaban J connectivity index is 1.03. The van der Waals surface area contributed by atoms with E-state index in [1.165, 1.54) is 100 Å². The number of imidazole rings is 2. The van der Waals surface area contributed by atoms with Gasteiger partial charge in [-0.05, 0) is 68.3 Å². The number of hydrogen-bond acceptors (Lipinski definition) is 7. The summed E-state index contributed by atoms with van der Waals surface area (Å²) in [5, 5.41) is 0. The lowest BCUT2D eigenvalue weighted by atomic mass is 9.77. The van der Waals surface area contributed by atoms with E-state index in [0.717, 1.165) is 25.0 Å². The number of carbonyl (C=O) groups is 1. The highest BCUT2D eigenvalue weighted by Crippen LogP contribution is 2.42. The third-order valence-electron chi connectivity index (χ3n) is 9.50. The Hall–Kier alpha value is -3.01. The van der Waals surface area contributed by atoms with Gasteiger partial charge in [0.2, 0.25) is 0 Å². The largest absolute Gasteiger partial charge is 0.348 e. The van der Waals surface area contributed by atoms with Gasteiger partial charge in [0.05, 0.1) is 19.3 Å². The van der Waals surface area contributed by atoms with Gasteiger partial charge in [-0.15, -0.1) is 0 Å². The molecule has 3 aromatic rings. The fraction of sp³-hybridized carbons (Fsp3) is 0.594. The number of rotatable bonds is 10. The molecule has 220 valence electrons. The number of H-pyrrole nitrogens is 1. The van der Waals surface area contributed by atoms with Crippen molar-refractivity contribution in [2.24, 2.45) is 5.41 Å². The Kier molecular flexibility index (Phi) is 8.84. The molecule has 4 heterocycles. The standard InChI is InChI=1S/C32H45N7O2/c1-26(40)41-39-20-16-35-31(39)24-37(23-30-33-14-15-34-30)22-28-9-7-27(8-10-28)21-36-17-11-32(25-36)12-18-38(19-13-32)29-5-3-2-4-6-29/h7-10,14-16,20,29H,2-6,11-13,17-19,21-25H2,1H3,(H,33,34). The quantitative estimate of drug-likeness (QED) is 0.394. The monoisotopic (exact) mass is 559 g/mol. The second kappa shape index (κ2) is 12.9. The molecule has 2 aromatic heterocycles. The highest BCUT2D eigenvalue weighted by atomic mass is 16.7. The number of carbonyl (C=O) groups excluding carboxylic acids is 1. The number of aromatic nitrogens is 4. The normalized spacial score (nSPS) is 20.2. The van der Waals surface area contributed by atoms with Crippen molar-refractivity contribution in [1.82, 2.24) is 34.4 Å². The number of aromatic amines is 1. The van der Waals surface area contributed by atoms with Crippen LogP contribution < -0.4 is 4.84 Å². The first-order valence-corrected chi connectivity index (χ1v) is 15.5. The molecule has 41 heavy (non-hydrogen) atoms. The average Bonchev–Trinajstić information content (AvgIpc) is 3.74. The van der Waals surface area contributed by atoms with Gasteiger partial charge in [0.15, 0.2) is 5.82 Å². The maximum atomic E-state index is 11.5. The van der Waals surface area contributed by atoms with Gasteiger partial charge in [-0.3, -0.25) is 9.80 Å². The summed E-state index contributed by atoms with van der Waals surface area (Å²) in [6, 6.07) is 9.94. The van der Waals surface area contributed by atoms with Gasteiger partial charge < -0.3 is 14.7 Å². The Labute approximate surface area is 243 Å². The molecule has 9 nitrogen and oxygen atoms in total. The zero-order valence-corrected chi connectivity index (χ0v) is 24.5. The van der Waals surface area contributed by atoms with E-state index in [0.29, 0.717) is 24.3 Å². The smallest absolute Gasteiger partial charge is 0.329 e. The van der Waals surface area contributed by atoms with E-state index in [2.05, 4.69) is 53.9 Å². The average molecular weight is 560 g/mol. The lowest BCUT2D eigenvalue weighted by molar-refractivity contribution is -0.141. The molecule has 6 rings (SSSR count). The molecule has 1 aromatic carbocycles. The summed E-state index contributed by atoms with van der Waals surface area (Å²) < 4.78 is 1.45. The fourth-order valence-corrected chi connectivity index (χ4v) is 7.27. The molecule has 0 amide bonds. The van der Waals surface area contributed by atoms with Crippen LogP contribution in [-0.4, -0.2) is 72.6 Å². The Morgan fingerprint density at radius 1 is 0.976 bits per heavy atom. The van der Waals surface area contributed by atoms with Crippen LogP contribution in [0, 0.1) is 5.41 Å². The van der Waals surface area contributed by atoms with Crippen LogP contribution in [0.1, 0.15) is 81.1 Å². The zero-order chi connectivity index (χ0) is 28.1. The number of nitrogens with one attached hydrogen (secondary N) is 1. The molecule has 3 aliphatic rings. The van der Waals surface area contributed by atoms with Crippen molar-refractivity contribution >= 4 is 5.97 Å². The van der Waals surface area contributed by atoms with Crippen LogP contribution in [0.4, 0.5) is 0 Å². The molecule has 0 unspecified atom stereocenters. The topological polar surface area (TPSA) is 82.5 Å². The Morgan fingerprint density at radius 3 is 2.46 bits per heavy atom. The van der Waals surface area contributed by atoms with Crippen molar-refractivity contribution in [2.45, 2.75) is 90.5 Å². The summed E-state index contributed by atoms with van der Waals surface area (Å²) in [5.74, 6) is 1.20. The van der Waals surface area contributed by atoms with E-state index in [1.807, 2.05) is 6.20 Å². The number of likely N-dealkylation sites (tertiary alicyclic amines) is 2. The maximum Gasteiger partial charge on any atom is 0.329 e. The van der Waals surface area contributed by atoms with Gasteiger partial charge in [0, 0.05) is 51.2 Å². The van der Waals surface area contributed by atoms with Crippen molar-refractivity contribution in [2.75, 3.05) is 26.2 Å². The second-order valence-electron chi connectivity index (χ2n) is 12.5. The van der Waals surface area contributed by atoms with Crippen molar-refractivity contribution in [3.63, 3.8) is 0 Å². The molecule has 1 N–H and O–H groups in total. The summed E-state index contributed by atoms with van der Waals surface area (Å²) in [5.41, 5.74) is 3.15. The predicted molar refractivity (Wildman–Crippen MR) is 157 cm³/mol. The molecule has 1 spiro atoms. The predicted octanol–water partition coefficient (Wildman–Crippen LogP) is 4.40. The Bertz CT molecular complexity index is 1240. The second-order valence-corrected chi connectivity index (χ2v) is 12.5. The van der Waals surface area contributed by atoms with Crippen molar-refractivity contribution in [1.29, 1.82) is 0 Å². The maximum absolute atomic E-state index is 11.5. The lowest BCUT2D eigenvalue weighted by Crippen LogP contribution is -2.46. The first-order valence-electron chi connectivity index (χ1n) is 15.5. The number of hydrogen-bond donors (Lipinski definition) is 1. The zero-order valence-electron chi connectivity index (χ0n) is 24.5. The summed E-state index contributed by atoms with van der Waals surface area (Å²) in [6.07, 6.45) is 18.2. The summed E-state index contributed by atoms with van der Waals surface area (Å²) >= 11 is 0. The minimum atomic E-state index is -0.369. The van der Waals surface area contributed by atoms with Gasteiger partial charge in [0.25, 0.3) is 0 Å². The van der Waals surface area contributed by atoms with Crippen LogP contribution in [0.25, 0.3) is 0 Å². The van der Waals surface area contributed by atoms with Crippen LogP contribution >= 0.6 is 0 Å². The van der Waals surface area contributed by atoms with Gasteiger partial charge in [-0.1, -0.05) is 43.5 Å². The highest BCUT2D eigenvalue weighted by molar-refractivity contribution is 5.66. The first-order chi connectivity index (χ1) is 20.0. The van der Waals surface area contributed by atoms with E-state index >= 15 is 0 Å². The van der Waals surface area contributed by atoms with Crippen LogP contribution in [0.5, 0.6) is 0 Å². The van der Waals surface area contributed by atoms with Crippen molar-refractivity contribution < 1.29 is 9.63 Å². The van der Waals surface area contributed by atoms with E-state index in [-0.39, 0.29) is 5.97 Å². The molecule has 9 heteroatoms. The fourth-order valence-electron chi connectivity index (χ4n) is 7.27. The van der Waals surface area contributed by atoms with Crippen molar-refractivity contribution in [3.05, 3.63) is 71.8 Å². The van der Waals surface area contributed by atoms with Crippen LogP contribution in [0.15, 0.2) is 49.1 Å². The number of benzene rings is 1. The highest BCUT2D eigenvalue weighted by Gasteiger charge is 2.41. The minimum Gasteiger partial charge on any atom is -0.348 e. The number of piperidine rings is 1. The van der Waals surface area contributed by atoms with Gasteiger partial charge >= 0.3 is 5.97 Å². The molecular weight excluding hydrogens is 514 g/mol. The molecule has 1 saturated carbocycles. The summed E-state index contributed by atoms with van der Waals surface area (Å²) in [4.78, 5) is 36.6. The van der Waals surface area contributed by atoms with Gasteiger partial charge in [0.1, 0.15) is 5.82 Å². The molecular formula is C32H45N7O2. The van der Waals surface area contributed by atoms with E-state index in [9.17, 15) is 4.79 Å². The van der Waals surface area contributed by atoms with Crippen LogP contribution in [0.3, 0.4) is 0 Å². The number of nitrogens with zero attached hydrogens (tertiary/aromatic N) is 6. The molecule has 2 aliphatic heterocycles. The van der Waals surface area contributed by atoms with E-state index < -0.39 is 0 Å². The molecule has 1 aliphatic carbocycles. The van der Waals surface area contributed by atoms with Gasteiger partial charge in [-0.2, -0.15) is 4.73 Å². The van der Waals surface area contributed by atoms with Crippen LogP contribution in [-0.2, 0) is 31.0 Å². The van der Waals surface area contributed by atoms with E-state index in [4.69, 9.17) is 4.84 Å². The first kappa shape index (κ1) is 28.1. The van der Waals surface area contributed by atoms with Crippen molar-refractivity contribution in [3.8, 4) is 0 Å². The Morgan fingerprint density at radius 2 is 1.73 bits per heavy atom. The summed E-state index contributed by atoms with van der Waals surface area (Å²) in [7, 11) is 0.